The van der Waals surface area contributed by atoms with E-state index in [0.29, 0.717) is 6.61 Å². The molecule has 0 bridgehead atoms. The van der Waals surface area contributed by atoms with Gasteiger partial charge in [0.05, 0.1) is 12.8 Å². The first kappa shape index (κ1) is 18.0. The van der Waals surface area contributed by atoms with Crippen LogP contribution in [0.1, 0.15) is 22.4 Å². The van der Waals surface area contributed by atoms with Crippen LogP contribution in [0.5, 0.6) is 5.75 Å². The molecular formula is C22H23N5O. The van der Waals surface area contributed by atoms with Crippen LogP contribution in [-0.4, -0.2) is 32.3 Å². The summed E-state index contributed by atoms with van der Waals surface area (Å²) < 4.78 is 9.88. The van der Waals surface area contributed by atoms with Crippen LogP contribution in [0.2, 0.25) is 0 Å². The lowest BCUT2D eigenvalue weighted by Gasteiger charge is -2.11. The van der Waals surface area contributed by atoms with Crippen LogP contribution in [0.25, 0.3) is 10.9 Å². The van der Waals surface area contributed by atoms with Crippen molar-refractivity contribution < 1.29 is 4.74 Å². The topological polar surface area (TPSA) is 57.2 Å². The number of aromatic nitrogens is 4. The molecule has 4 aromatic rings. The number of fused-ring (bicyclic) bond motifs is 1. The van der Waals surface area contributed by atoms with E-state index in [0.717, 1.165) is 23.6 Å². The lowest BCUT2D eigenvalue weighted by molar-refractivity contribution is 0.299. The maximum absolute atomic E-state index is 6.00. The maximum atomic E-state index is 6.00. The fraction of sp³-hybridized carbons (Fsp3) is 0.227. The standard InChI is InChI=1S/C22H23N5O/c1-16-8-9-19(12-17(16)2)28-11-10-27-18(3)21(13-25-26-14-23-24-15-26)20-6-4-5-7-22(20)27/h4-9,12-15H,10-11H2,1-3H3/b25-13+. The van der Waals surface area contributed by atoms with E-state index in [1.54, 1.807) is 17.3 Å². The van der Waals surface area contributed by atoms with Gasteiger partial charge in [0, 0.05) is 22.2 Å². The second-order valence-electron chi connectivity index (χ2n) is 6.85. The average Bonchev–Trinajstić information content (AvgIpc) is 3.30. The van der Waals surface area contributed by atoms with Crippen molar-refractivity contribution in [1.29, 1.82) is 0 Å². The van der Waals surface area contributed by atoms with Gasteiger partial charge in [0.2, 0.25) is 0 Å². The molecule has 0 unspecified atom stereocenters. The Morgan fingerprint density at radius 1 is 1.00 bits per heavy atom. The summed E-state index contributed by atoms with van der Waals surface area (Å²) in [5.74, 6) is 0.909. The van der Waals surface area contributed by atoms with Crippen molar-refractivity contribution in [3.05, 3.63) is 77.5 Å². The molecule has 0 spiro atoms. The van der Waals surface area contributed by atoms with E-state index in [1.165, 1.54) is 22.0 Å². The number of nitrogens with zero attached hydrogens (tertiary/aromatic N) is 5. The third-order valence-corrected chi connectivity index (χ3v) is 5.07. The zero-order valence-corrected chi connectivity index (χ0v) is 16.3. The second-order valence-corrected chi connectivity index (χ2v) is 6.85. The van der Waals surface area contributed by atoms with Crippen molar-refractivity contribution in [2.45, 2.75) is 27.3 Å². The lowest BCUT2D eigenvalue weighted by Crippen LogP contribution is -2.10. The summed E-state index contributed by atoms with van der Waals surface area (Å²) in [6, 6.07) is 14.6. The van der Waals surface area contributed by atoms with E-state index in [9.17, 15) is 0 Å². The largest absolute Gasteiger partial charge is 0.492 e. The van der Waals surface area contributed by atoms with Gasteiger partial charge < -0.3 is 9.30 Å². The summed E-state index contributed by atoms with van der Waals surface area (Å²) in [6.45, 7) is 7.69. The number of aryl methyl sites for hydroxylation is 2. The van der Waals surface area contributed by atoms with Gasteiger partial charge in [-0.15, -0.1) is 10.2 Å². The second kappa shape index (κ2) is 7.68. The lowest BCUT2D eigenvalue weighted by atomic mass is 10.1. The van der Waals surface area contributed by atoms with Crippen LogP contribution in [0, 0.1) is 20.8 Å². The maximum Gasteiger partial charge on any atom is 0.141 e. The zero-order chi connectivity index (χ0) is 19.5. The number of ether oxygens (including phenoxy) is 1. The minimum absolute atomic E-state index is 0.601. The molecule has 142 valence electrons. The Labute approximate surface area is 164 Å². The first-order valence-electron chi connectivity index (χ1n) is 9.30. The van der Waals surface area contributed by atoms with Gasteiger partial charge in [-0.2, -0.15) is 5.10 Å². The molecule has 0 aliphatic heterocycles. The quantitative estimate of drug-likeness (QED) is 0.478. The Morgan fingerprint density at radius 3 is 2.57 bits per heavy atom. The molecule has 0 saturated carbocycles. The summed E-state index contributed by atoms with van der Waals surface area (Å²) in [4.78, 5) is 0. The first-order chi connectivity index (χ1) is 13.6. The van der Waals surface area contributed by atoms with Crippen LogP contribution in [-0.2, 0) is 6.54 Å². The van der Waals surface area contributed by atoms with Crippen LogP contribution in [0.3, 0.4) is 0 Å². The van der Waals surface area contributed by atoms with Gasteiger partial charge in [0.15, 0.2) is 0 Å². The van der Waals surface area contributed by atoms with Crippen molar-refractivity contribution >= 4 is 17.1 Å². The molecule has 0 fully saturated rings. The number of rotatable bonds is 6. The first-order valence-corrected chi connectivity index (χ1v) is 9.30. The molecule has 2 aromatic heterocycles. The van der Waals surface area contributed by atoms with E-state index in [4.69, 9.17) is 4.74 Å². The number of benzene rings is 2. The van der Waals surface area contributed by atoms with Crippen LogP contribution in [0.15, 0.2) is 60.2 Å². The van der Waals surface area contributed by atoms with Gasteiger partial charge in [-0.3, -0.25) is 0 Å². The molecule has 0 radical (unpaired) electrons. The van der Waals surface area contributed by atoms with Gasteiger partial charge in [0.1, 0.15) is 25.0 Å². The van der Waals surface area contributed by atoms with Crippen LogP contribution >= 0.6 is 0 Å². The van der Waals surface area contributed by atoms with Gasteiger partial charge >= 0.3 is 0 Å². The molecular weight excluding hydrogens is 350 g/mol. The third-order valence-electron chi connectivity index (χ3n) is 5.07. The molecule has 0 aliphatic carbocycles. The molecule has 0 aliphatic rings. The SMILES string of the molecule is Cc1ccc(OCCn2c(C)c(/C=N/n3cnnc3)c3ccccc32)cc1C. The Morgan fingerprint density at radius 2 is 1.79 bits per heavy atom. The summed E-state index contributed by atoms with van der Waals surface area (Å²) in [5.41, 5.74) is 5.94. The van der Waals surface area contributed by atoms with Crippen molar-refractivity contribution in [2.24, 2.45) is 5.10 Å². The molecule has 2 aromatic carbocycles. The van der Waals surface area contributed by atoms with E-state index in [2.05, 4.69) is 71.0 Å². The molecule has 4 rings (SSSR count). The van der Waals surface area contributed by atoms with E-state index < -0.39 is 0 Å². The summed E-state index contributed by atoms with van der Waals surface area (Å²) in [6.07, 6.45) is 5.01. The molecule has 0 saturated heterocycles. The highest BCUT2D eigenvalue weighted by Crippen LogP contribution is 2.25. The van der Waals surface area contributed by atoms with Crippen molar-refractivity contribution in [3.8, 4) is 5.75 Å². The van der Waals surface area contributed by atoms with Gasteiger partial charge in [-0.25, -0.2) is 4.68 Å². The highest BCUT2D eigenvalue weighted by molar-refractivity contribution is 6.01. The summed E-state index contributed by atoms with van der Waals surface area (Å²) >= 11 is 0. The molecule has 28 heavy (non-hydrogen) atoms. The van der Waals surface area contributed by atoms with Crippen molar-refractivity contribution in [2.75, 3.05) is 6.61 Å². The Hall–Kier alpha value is -3.41. The molecule has 0 amide bonds. The zero-order valence-electron chi connectivity index (χ0n) is 16.3. The molecule has 0 N–H and O–H groups in total. The molecule has 0 atom stereocenters. The number of para-hydroxylation sites is 1. The Balaban J connectivity index is 1.58. The average molecular weight is 373 g/mol. The van der Waals surface area contributed by atoms with Crippen molar-refractivity contribution in [3.63, 3.8) is 0 Å². The van der Waals surface area contributed by atoms with E-state index in [-0.39, 0.29) is 0 Å². The minimum Gasteiger partial charge on any atom is -0.492 e. The number of hydrogen-bond acceptors (Lipinski definition) is 4. The normalized spacial score (nSPS) is 11.5. The molecule has 6 heteroatoms. The smallest absolute Gasteiger partial charge is 0.141 e. The Kier molecular flexibility index (Phi) is 4.93. The monoisotopic (exact) mass is 373 g/mol. The minimum atomic E-state index is 0.601. The predicted octanol–water partition coefficient (Wildman–Crippen LogP) is 4.12. The highest BCUT2D eigenvalue weighted by atomic mass is 16.5. The van der Waals surface area contributed by atoms with Gasteiger partial charge in [-0.05, 0) is 50.1 Å². The summed E-state index contributed by atoms with van der Waals surface area (Å²) in [5, 5.41) is 13.2. The van der Waals surface area contributed by atoms with E-state index >= 15 is 0 Å². The van der Waals surface area contributed by atoms with Crippen molar-refractivity contribution in [1.82, 2.24) is 19.4 Å². The van der Waals surface area contributed by atoms with Gasteiger partial charge in [0.25, 0.3) is 0 Å². The number of hydrogen-bond donors (Lipinski definition) is 0. The van der Waals surface area contributed by atoms with Gasteiger partial charge in [-0.1, -0.05) is 24.3 Å². The predicted molar refractivity (Wildman–Crippen MR) is 111 cm³/mol. The molecule has 2 heterocycles. The fourth-order valence-corrected chi connectivity index (χ4v) is 3.35. The fourth-order valence-electron chi connectivity index (χ4n) is 3.35. The Bertz CT molecular complexity index is 1130. The van der Waals surface area contributed by atoms with Crippen LogP contribution < -0.4 is 4.74 Å². The third kappa shape index (κ3) is 3.53. The molecule has 6 nitrogen and oxygen atoms in total. The summed E-state index contributed by atoms with van der Waals surface area (Å²) in [7, 11) is 0. The van der Waals surface area contributed by atoms with Crippen LogP contribution in [0.4, 0.5) is 0 Å². The van der Waals surface area contributed by atoms with E-state index in [1.807, 2.05) is 18.3 Å². The highest BCUT2D eigenvalue weighted by Gasteiger charge is 2.12.